The number of thiophene rings is 1. The van der Waals surface area contributed by atoms with Crippen molar-refractivity contribution in [1.29, 1.82) is 0 Å². The molecule has 8 nitrogen and oxygen atoms in total. The highest BCUT2D eigenvalue weighted by Crippen LogP contribution is 2.34. The standard InChI is InChI=1S/C27H32ClN5O3S2/c1-6-31(7-2)24-15-14-21(38(35,36)32(8-3)9-4)16-23(24)29-26(34)25-17-22-18(5)30-33(27(22)37-25)20-12-10-19(28)11-13-20/h10-17H,6-9H2,1-5H3,(H,29,34). The third-order valence-corrected chi connectivity index (χ3v) is 9.91. The van der Waals surface area contributed by atoms with E-state index in [1.54, 1.807) is 35.0 Å². The summed E-state index contributed by atoms with van der Waals surface area (Å²) in [6.07, 6.45) is 0. The number of benzene rings is 2. The quantitative estimate of drug-likeness (QED) is 0.245. The van der Waals surface area contributed by atoms with Crippen LogP contribution >= 0.6 is 22.9 Å². The second-order valence-corrected chi connectivity index (χ2v) is 12.1. The Morgan fingerprint density at radius 1 is 1.00 bits per heavy atom. The molecule has 1 N–H and O–H groups in total. The number of hydrogen-bond acceptors (Lipinski definition) is 6. The first-order valence-corrected chi connectivity index (χ1v) is 15.2. The van der Waals surface area contributed by atoms with Crippen LogP contribution in [-0.2, 0) is 10.0 Å². The zero-order valence-corrected chi connectivity index (χ0v) is 24.5. The summed E-state index contributed by atoms with van der Waals surface area (Å²) in [7, 11) is -3.69. The first-order valence-electron chi connectivity index (χ1n) is 12.6. The molecule has 0 radical (unpaired) electrons. The predicted octanol–water partition coefficient (Wildman–Crippen LogP) is 6.18. The first kappa shape index (κ1) is 28.1. The highest BCUT2D eigenvalue weighted by atomic mass is 35.5. The lowest BCUT2D eigenvalue weighted by molar-refractivity contribution is 0.103. The summed E-state index contributed by atoms with van der Waals surface area (Å²) in [5, 5.41) is 9.16. The van der Waals surface area contributed by atoms with Gasteiger partial charge in [-0.3, -0.25) is 4.79 Å². The molecule has 2 aromatic heterocycles. The molecule has 0 bridgehead atoms. The Hall–Kier alpha value is -2.92. The fraction of sp³-hybridized carbons (Fsp3) is 0.333. The number of amides is 1. The monoisotopic (exact) mass is 573 g/mol. The van der Waals surface area contributed by atoms with Gasteiger partial charge in [-0.2, -0.15) is 9.40 Å². The molecule has 0 fully saturated rings. The molecule has 0 unspecified atom stereocenters. The topological polar surface area (TPSA) is 87.5 Å². The summed E-state index contributed by atoms with van der Waals surface area (Å²) in [5.74, 6) is -0.306. The maximum atomic E-state index is 13.5. The average molecular weight is 574 g/mol. The average Bonchev–Trinajstić information content (AvgIpc) is 3.47. The van der Waals surface area contributed by atoms with Gasteiger partial charge >= 0.3 is 0 Å². The Morgan fingerprint density at radius 2 is 1.66 bits per heavy atom. The molecule has 4 rings (SSSR count). The van der Waals surface area contributed by atoms with Gasteiger partial charge in [0.05, 0.1) is 32.5 Å². The largest absolute Gasteiger partial charge is 0.370 e. The van der Waals surface area contributed by atoms with E-state index in [-0.39, 0.29) is 10.8 Å². The van der Waals surface area contributed by atoms with Crippen LogP contribution in [0.2, 0.25) is 5.02 Å². The molecule has 0 spiro atoms. The van der Waals surface area contributed by atoms with E-state index in [9.17, 15) is 13.2 Å². The first-order chi connectivity index (χ1) is 18.1. The van der Waals surface area contributed by atoms with Crippen molar-refractivity contribution in [3.05, 3.63) is 64.1 Å². The number of nitrogens with one attached hydrogen (secondary N) is 1. The van der Waals surface area contributed by atoms with Crippen LogP contribution in [0.3, 0.4) is 0 Å². The molecule has 38 heavy (non-hydrogen) atoms. The van der Waals surface area contributed by atoms with Crippen molar-refractivity contribution in [2.75, 3.05) is 36.4 Å². The molecule has 11 heteroatoms. The van der Waals surface area contributed by atoms with E-state index in [4.69, 9.17) is 11.6 Å². The Morgan fingerprint density at radius 3 is 2.26 bits per heavy atom. The highest BCUT2D eigenvalue weighted by Gasteiger charge is 2.25. The Bertz CT molecular complexity index is 1550. The van der Waals surface area contributed by atoms with Gasteiger partial charge in [-0.05, 0) is 69.3 Å². The number of anilines is 2. The number of carbonyl (C=O) groups excluding carboxylic acids is 1. The summed E-state index contributed by atoms with van der Waals surface area (Å²) in [4.78, 5) is 17.1. The molecule has 0 aliphatic rings. The van der Waals surface area contributed by atoms with Crippen LogP contribution in [0.5, 0.6) is 0 Å². The van der Waals surface area contributed by atoms with E-state index in [2.05, 4.69) is 15.3 Å². The van der Waals surface area contributed by atoms with E-state index in [1.807, 2.05) is 52.8 Å². The van der Waals surface area contributed by atoms with Crippen LogP contribution in [-0.4, -0.2) is 54.6 Å². The number of halogens is 1. The van der Waals surface area contributed by atoms with Crippen LogP contribution in [0.1, 0.15) is 43.1 Å². The zero-order chi connectivity index (χ0) is 27.6. The van der Waals surface area contributed by atoms with E-state index in [1.165, 1.54) is 15.6 Å². The molecule has 0 aliphatic carbocycles. The summed E-state index contributed by atoms with van der Waals surface area (Å²) in [5.41, 5.74) is 2.88. The fourth-order valence-corrected chi connectivity index (χ4v) is 7.12. The van der Waals surface area contributed by atoms with Gasteiger partial charge in [-0.15, -0.1) is 11.3 Å². The Balaban J connectivity index is 1.74. The summed E-state index contributed by atoms with van der Waals surface area (Å²) < 4.78 is 29.7. The van der Waals surface area contributed by atoms with Crippen molar-refractivity contribution in [1.82, 2.24) is 14.1 Å². The minimum atomic E-state index is -3.69. The maximum absolute atomic E-state index is 13.5. The van der Waals surface area contributed by atoms with Gasteiger partial charge in [0.25, 0.3) is 5.91 Å². The lowest BCUT2D eigenvalue weighted by Gasteiger charge is -2.25. The van der Waals surface area contributed by atoms with Crippen LogP contribution in [0.4, 0.5) is 11.4 Å². The molecular formula is C27H32ClN5O3S2. The third kappa shape index (κ3) is 5.31. The second kappa shape index (κ2) is 11.4. The highest BCUT2D eigenvalue weighted by molar-refractivity contribution is 7.89. The van der Waals surface area contributed by atoms with Crippen LogP contribution in [0.25, 0.3) is 15.9 Å². The molecule has 0 aliphatic heterocycles. The molecule has 4 aromatic rings. The molecule has 2 aromatic carbocycles. The number of aromatic nitrogens is 2. The van der Waals surface area contributed by atoms with Crippen LogP contribution in [0.15, 0.2) is 53.4 Å². The van der Waals surface area contributed by atoms with Gasteiger partial charge in [-0.1, -0.05) is 25.4 Å². The van der Waals surface area contributed by atoms with Gasteiger partial charge < -0.3 is 10.2 Å². The van der Waals surface area contributed by atoms with Gasteiger partial charge in [0.15, 0.2) is 0 Å². The van der Waals surface area contributed by atoms with Crippen molar-refractivity contribution in [3.63, 3.8) is 0 Å². The summed E-state index contributed by atoms with van der Waals surface area (Å²) in [6, 6.07) is 14.1. The molecule has 2 heterocycles. The minimum Gasteiger partial charge on any atom is -0.370 e. The molecule has 1 amide bonds. The molecule has 202 valence electrons. The van der Waals surface area contributed by atoms with E-state index in [0.717, 1.165) is 27.3 Å². The van der Waals surface area contributed by atoms with E-state index >= 15 is 0 Å². The van der Waals surface area contributed by atoms with Crippen LogP contribution < -0.4 is 10.2 Å². The molecule has 0 saturated carbocycles. The van der Waals surface area contributed by atoms with Crippen molar-refractivity contribution >= 4 is 60.5 Å². The number of sulfonamides is 1. The van der Waals surface area contributed by atoms with Gasteiger partial charge in [0, 0.05) is 36.6 Å². The van der Waals surface area contributed by atoms with Gasteiger partial charge in [0.2, 0.25) is 10.0 Å². The molecule has 0 atom stereocenters. The summed E-state index contributed by atoms with van der Waals surface area (Å²) in [6.45, 7) is 11.7. The maximum Gasteiger partial charge on any atom is 0.265 e. The number of rotatable bonds is 10. The number of hydrogen-bond donors (Lipinski definition) is 1. The van der Waals surface area contributed by atoms with E-state index in [0.29, 0.717) is 41.8 Å². The molecular weight excluding hydrogens is 542 g/mol. The minimum absolute atomic E-state index is 0.151. The SMILES string of the molecule is CCN(CC)c1ccc(S(=O)(=O)N(CC)CC)cc1NC(=O)c1cc2c(C)nn(-c3ccc(Cl)cc3)c2s1. The Kier molecular flexibility index (Phi) is 8.46. The fourth-order valence-electron chi connectivity index (χ4n) is 4.43. The van der Waals surface area contributed by atoms with Crippen LogP contribution in [0, 0.1) is 6.92 Å². The van der Waals surface area contributed by atoms with Crippen molar-refractivity contribution in [2.24, 2.45) is 0 Å². The van der Waals surface area contributed by atoms with Crippen molar-refractivity contribution in [3.8, 4) is 5.69 Å². The lowest BCUT2D eigenvalue weighted by Crippen LogP contribution is -2.31. The zero-order valence-electron chi connectivity index (χ0n) is 22.2. The Labute approximate surface area is 232 Å². The molecule has 0 saturated heterocycles. The number of carbonyl (C=O) groups is 1. The second-order valence-electron chi connectivity index (χ2n) is 8.70. The van der Waals surface area contributed by atoms with Gasteiger partial charge in [-0.25, -0.2) is 13.1 Å². The normalized spacial score (nSPS) is 11.9. The van der Waals surface area contributed by atoms with Gasteiger partial charge in [0.1, 0.15) is 4.83 Å². The van der Waals surface area contributed by atoms with Crippen molar-refractivity contribution in [2.45, 2.75) is 39.5 Å². The van der Waals surface area contributed by atoms with Crippen molar-refractivity contribution < 1.29 is 13.2 Å². The lowest BCUT2D eigenvalue weighted by atomic mass is 10.2. The van der Waals surface area contributed by atoms with E-state index < -0.39 is 10.0 Å². The number of nitrogens with zero attached hydrogens (tertiary/aromatic N) is 4. The smallest absolute Gasteiger partial charge is 0.265 e. The number of fused-ring (bicyclic) bond motifs is 1. The third-order valence-electron chi connectivity index (χ3n) is 6.50. The number of aryl methyl sites for hydroxylation is 1. The predicted molar refractivity (Wildman–Crippen MR) is 157 cm³/mol. The summed E-state index contributed by atoms with van der Waals surface area (Å²) >= 11 is 7.38.